The first-order valence-electron chi connectivity index (χ1n) is 8.74. The third-order valence-corrected chi connectivity index (χ3v) is 3.82. The number of rotatable bonds is 6. The molecule has 0 radical (unpaired) electrons. The maximum absolute atomic E-state index is 12.6. The largest absolute Gasteiger partial charge is 0.317 e. The lowest BCUT2D eigenvalue weighted by Crippen LogP contribution is -2.32. The van der Waals surface area contributed by atoms with Gasteiger partial charge >= 0.3 is 0 Å². The van der Waals surface area contributed by atoms with E-state index in [1.807, 2.05) is 66.7 Å². The monoisotopic (exact) mass is 369 g/mol. The van der Waals surface area contributed by atoms with E-state index in [4.69, 9.17) is 0 Å². The fourth-order valence-corrected chi connectivity index (χ4v) is 2.42. The van der Waals surface area contributed by atoms with E-state index >= 15 is 0 Å². The molecule has 2 N–H and O–H groups in total. The van der Waals surface area contributed by atoms with Gasteiger partial charge in [-0.1, -0.05) is 78.9 Å². The lowest BCUT2D eigenvalue weighted by atomic mass is 10.1. The molecule has 0 atom stereocenters. The van der Waals surface area contributed by atoms with Gasteiger partial charge in [0.15, 0.2) is 0 Å². The van der Waals surface area contributed by atoms with E-state index in [9.17, 15) is 9.59 Å². The molecule has 0 aliphatic carbocycles. The first-order valence-corrected chi connectivity index (χ1v) is 8.74. The molecule has 3 aromatic rings. The normalized spacial score (nSPS) is 11.2. The number of nitrogens with one attached hydrogen (secondary N) is 2. The molecule has 2 amide bonds. The van der Waals surface area contributed by atoms with Crippen molar-refractivity contribution in [1.29, 1.82) is 0 Å². The molecule has 0 heterocycles. The summed E-state index contributed by atoms with van der Waals surface area (Å²) in [6.07, 6.45) is 3.14. The molecule has 3 rings (SSSR count). The van der Waals surface area contributed by atoms with Crippen LogP contribution in [-0.2, 0) is 4.79 Å². The van der Waals surface area contributed by atoms with Gasteiger partial charge in [-0.25, -0.2) is 5.43 Å². The highest BCUT2D eigenvalue weighted by atomic mass is 16.2. The minimum Gasteiger partial charge on any atom is -0.317 e. The molecule has 3 aromatic carbocycles. The summed E-state index contributed by atoms with van der Waals surface area (Å²) in [4.78, 5) is 25.1. The van der Waals surface area contributed by atoms with Crippen LogP contribution in [0.5, 0.6) is 0 Å². The Hall–Kier alpha value is -3.99. The molecule has 0 spiro atoms. The van der Waals surface area contributed by atoms with Crippen molar-refractivity contribution in [2.75, 3.05) is 0 Å². The third-order valence-electron chi connectivity index (χ3n) is 3.82. The van der Waals surface area contributed by atoms with Crippen molar-refractivity contribution in [3.8, 4) is 0 Å². The Morgan fingerprint density at radius 3 is 1.86 bits per heavy atom. The second-order valence-corrected chi connectivity index (χ2v) is 5.90. The highest BCUT2D eigenvalue weighted by Crippen LogP contribution is 2.07. The van der Waals surface area contributed by atoms with Crippen LogP contribution in [-0.4, -0.2) is 18.0 Å². The summed E-state index contributed by atoms with van der Waals surface area (Å²) >= 11 is 0. The number of amides is 2. The van der Waals surface area contributed by atoms with Crippen molar-refractivity contribution in [2.45, 2.75) is 0 Å². The number of hydrogen-bond acceptors (Lipinski definition) is 3. The van der Waals surface area contributed by atoms with E-state index in [-0.39, 0.29) is 11.6 Å². The van der Waals surface area contributed by atoms with Gasteiger partial charge in [-0.15, -0.1) is 0 Å². The van der Waals surface area contributed by atoms with Crippen molar-refractivity contribution in [3.63, 3.8) is 0 Å². The fraction of sp³-hybridized carbons (Fsp3) is 0. The quantitative estimate of drug-likeness (QED) is 0.396. The zero-order valence-electron chi connectivity index (χ0n) is 15.1. The van der Waals surface area contributed by atoms with Crippen LogP contribution in [0.3, 0.4) is 0 Å². The van der Waals surface area contributed by atoms with Gasteiger partial charge in [0.05, 0.1) is 6.21 Å². The van der Waals surface area contributed by atoms with Gasteiger partial charge in [0, 0.05) is 5.56 Å². The average Bonchev–Trinajstić information content (AvgIpc) is 2.75. The number of carbonyl (C=O) groups is 2. The van der Waals surface area contributed by atoms with E-state index in [1.165, 1.54) is 6.21 Å². The van der Waals surface area contributed by atoms with Gasteiger partial charge in [-0.05, 0) is 29.3 Å². The minimum absolute atomic E-state index is 0.102. The Morgan fingerprint density at radius 2 is 1.25 bits per heavy atom. The van der Waals surface area contributed by atoms with E-state index in [0.717, 1.165) is 11.1 Å². The summed E-state index contributed by atoms with van der Waals surface area (Å²) in [5, 5.41) is 6.63. The Bertz CT molecular complexity index is 982. The summed E-state index contributed by atoms with van der Waals surface area (Å²) in [6, 6.07) is 27.4. The Kier molecular flexibility index (Phi) is 6.47. The van der Waals surface area contributed by atoms with Gasteiger partial charge in [0.2, 0.25) is 0 Å². The highest BCUT2D eigenvalue weighted by Gasteiger charge is 2.14. The number of benzene rings is 3. The van der Waals surface area contributed by atoms with Crippen LogP contribution in [0.15, 0.2) is 102 Å². The Morgan fingerprint density at radius 1 is 0.714 bits per heavy atom. The van der Waals surface area contributed by atoms with E-state index < -0.39 is 5.91 Å². The van der Waals surface area contributed by atoms with Gasteiger partial charge in [-0.3, -0.25) is 9.59 Å². The minimum atomic E-state index is -0.514. The zero-order valence-corrected chi connectivity index (χ0v) is 15.1. The first kappa shape index (κ1) is 18.8. The molecule has 5 nitrogen and oxygen atoms in total. The number of hydrogen-bond donors (Lipinski definition) is 2. The Labute approximate surface area is 163 Å². The topological polar surface area (TPSA) is 70.6 Å². The highest BCUT2D eigenvalue weighted by molar-refractivity contribution is 6.05. The van der Waals surface area contributed by atoms with Gasteiger partial charge < -0.3 is 5.32 Å². The van der Waals surface area contributed by atoms with Crippen molar-refractivity contribution in [2.24, 2.45) is 5.10 Å². The predicted molar refractivity (Wildman–Crippen MR) is 111 cm³/mol. The van der Waals surface area contributed by atoms with Crippen LogP contribution >= 0.6 is 0 Å². The lowest BCUT2D eigenvalue weighted by molar-refractivity contribution is -0.117. The molecule has 28 heavy (non-hydrogen) atoms. The number of carbonyl (C=O) groups excluding carboxylic acids is 2. The Balaban J connectivity index is 1.77. The predicted octanol–water partition coefficient (Wildman–Crippen LogP) is 3.61. The standard InChI is InChI=1S/C23H19N3O2/c27-22(20-14-8-3-9-15-20)25-21(16-18-10-4-1-5-11-18)23(28)26-24-17-19-12-6-2-7-13-19/h1-17H,(H,25,27)(H,26,28)/b21-16+,24-17?. The van der Waals surface area contributed by atoms with Crippen LogP contribution in [0.4, 0.5) is 0 Å². The van der Waals surface area contributed by atoms with Crippen molar-refractivity contribution in [3.05, 3.63) is 113 Å². The second-order valence-electron chi connectivity index (χ2n) is 5.90. The van der Waals surface area contributed by atoms with Crippen molar-refractivity contribution in [1.82, 2.24) is 10.7 Å². The molecule has 0 unspecified atom stereocenters. The SMILES string of the molecule is O=C(NN=Cc1ccccc1)/C(=C\c1ccccc1)NC(=O)c1ccccc1. The van der Waals surface area contributed by atoms with Crippen LogP contribution < -0.4 is 10.7 Å². The molecular formula is C23H19N3O2. The van der Waals surface area contributed by atoms with E-state index in [2.05, 4.69) is 15.8 Å². The van der Waals surface area contributed by atoms with Gasteiger partial charge in [0.1, 0.15) is 5.70 Å². The molecule has 5 heteroatoms. The van der Waals surface area contributed by atoms with E-state index in [0.29, 0.717) is 5.56 Å². The van der Waals surface area contributed by atoms with Crippen molar-refractivity contribution < 1.29 is 9.59 Å². The van der Waals surface area contributed by atoms with Gasteiger partial charge in [0.25, 0.3) is 11.8 Å². The zero-order chi connectivity index (χ0) is 19.6. The summed E-state index contributed by atoms with van der Waals surface area (Å²) in [5.41, 5.74) is 4.65. The van der Waals surface area contributed by atoms with Crippen LogP contribution in [0, 0.1) is 0 Å². The van der Waals surface area contributed by atoms with E-state index in [1.54, 1.807) is 30.3 Å². The third kappa shape index (κ3) is 5.51. The first-order chi connectivity index (χ1) is 13.7. The number of nitrogens with zero attached hydrogens (tertiary/aromatic N) is 1. The molecule has 0 saturated carbocycles. The molecule has 0 aliphatic rings. The summed E-state index contributed by atoms with van der Waals surface area (Å²) < 4.78 is 0. The van der Waals surface area contributed by atoms with Crippen molar-refractivity contribution >= 4 is 24.1 Å². The average molecular weight is 369 g/mol. The summed E-state index contributed by atoms with van der Waals surface area (Å²) in [7, 11) is 0. The summed E-state index contributed by atoms with van der Waals surface area (Å²) in [5.74, 6) is -0.884. The fourth-order valence-electron chi connectivity index (χ4n) is 2.42. The molecule has 138 valence electrons. The maximum Gasteiger partial charge on any atom is 0.287 e. The molecule has 0 fully saturated rings. The molecular weight excluding hydrogens is 350 g/mol. The molecule has 0 aliphatic heterocycles. The second kappa shape index (κ2) is 9.64. The maximum atomic E-state index is 12.6. The molecule has 0 bridgehead atoms. The number of hydrazone groups is 1. The van der Waals surface area contributed by atoms with Crippen LogP contribution in [0.1, 0.15) is 21.5 Å². The van der Waals surface area contributed by atoms with Crippen LogP contribution in [0.2, 0.25) is 0 Å². The van der Waals surface area contributed by atoms with Gasteiger partial charge in [-0.2, -0.15) is 5.10 Å². The van der Waals surface area contributed by atoms with Crippen LogP contribution in [0.25, 0.3) is 6.08 Å². The smallest absolute Gasteiger partial charge is 0.287 e. The summed E-state index contributed by atoms with van der Waals surface area (Å²) in [6.45, 7) is 0. The molecule has 0 aromatic heterocycles. The lowest BCUT2D eigenvalue weighted by Gasteiger charge is -2.09. The molecule has 0 saturated heterocycles.